The first kappa shape index (κ1) is 12.4. The fraction of sp³-hybridized carbons (Fsp3) is 0.438. The highest BCUT2D eigenvalue weighted by molar-refractivity contribution is 5.86. The summed E-state index contributed by atoms with van der Waals surface area (Å²) in [6.07, 6.45) is 12.3. The van der Waals surface area contributed by atoms with Crippen LogP contribution < -0.4 is 0 Å². The standard InChI is InChI=1S/C16H20N2O/c19-11-14(12-5-2-1-3-6-12)9-13-10-18-16-15(13)7-4-8-17-16/h4,7-10,12,19H,1-3,5-6,11H2,(H,17,18). The molecule has 100 valence electrons. The zero-order valence-electron chi connectivity index (χ0n) is 11.1. The van der Waals surface area contributed by atoms with Crippen LogP contribution in [0.3, 0.4) is 0 Å². The second-order valence-corrected chi connectivity index (χ2v) is 5.36. The average Bonchev–Trinajstić information content (AvgIpc) is 2.89. The van der Waals surface area contributed by atoms with Crippen LogP contribution >= 0.6 is 0 Å². The second-order valence-electron chi connectivity index (χ2n) is 5.36. The van der Waals surface area contributed by atoms with Gasteiger partial charge >= 0.3 is 0 Å². The average molecular weight is 256 g/mol. The summed E-state index contributed by atoms with van der Waals surface area (Å²) < 4.78 is 0. The maximum absolute atomic E-state index is 9.66. The van der Waals surface area contributed by atoms with Crippen molar-refractivity contribution in [2.75, 3.05) is 6.61 Å². The van der Waals surface area contributed by atoms with E-state index in [-0.39, 0.29) is 6.61 Å². The Morgan fingerprint density at radius 3 is 3.00 bits per heavy atom. The van der Waals surface area contributed by atoms with Crippen molar-refractivity contribution in [2.24, 2.45) is 5.92 Å². The lowest BCUT2D eigenvalue weighted by Gasteiger charge is -2.23. The van der Waals surface area contributed by atoms with E-state index in [2.05, 4.69) is 22.1 Å². The molecule has 1 aliphatic rings. The molecule has 2 aromatic heterocycles. The highest BCUT2D eigenvalue weighted by Crippen LogP contribution is 2.31. The molecule has 1 fully saturated rings. The van der Waals surface area contributed by atoms with Crippen LogP contribution in [0.5, 0.6) is 0 Å². The molecule has 0 spiro atoms. The SMILES string of the molecule is OCC(=Cc1c[nH]c2ncccc12)C1CCCCC1. The lowest BCUT2D eigenvalue weighted by atomic mass is 9.83. The minimum absolute atomic E-state index is 0.164. The van der Waals surface area contributed by atoms with Gasteiger partial charge in [-0.25, -0.2) is 4.98 Å². The molecule has 0 radical (unpaired) electrons. The smallest absolute Gasteiger partial charge is 0.137 e. The molecule has 0 aliphatic heterocycles. The van der Waals surface area contributed by atoms with Crippen LogP contribution in [0, 0.1) is 5.92 Å². The summed E-state index contributed by atoms with van der Waals surface area (Å²) in [5.74, 6) is 0.556. The van der Waals surface area contributed by atoms with Gasteiger partial charge in [0.15, 0.2) is 0 Å². The molecule has 0 aromatic carbocycles. The summed E-state index contributed by atoms with van der Waals surface area (Å²) in [5.41, 5.74) is 3.22. The van der Waals surface area contributed by atoms with Gasteiger partial charge in [-0.2, -0.15) is 0 Å². The molecule has 3 nitrogen and oxygen atoms in total. The molecule has 3 heteroatoms. The van der Waals surface area contributed by atoms with Crippen LogP contribution in [0.15, 0.2) is 30.1 Å². The van der Waals surface area contributed by atoms with E-state index in [1.165, 1.54) is 37.7 Å². The molecular formula is C16H20N2O. The van der Waals surface area contributed by atoms with Gasteiger partial charge in [0.25, 0.3) is 0 Å². The first-order chi connectivity index (χ1) is 9.38. The largest absolute Gasteiger partial charge is 0.392 e. The van der Waals surface area contributed by atoms with Crippen LogP contribution in [0.2, 0.25) is 0 Å². The summed E-state index contributed by atoms with van der Waals surface area (Å²) in [7, 11) is 0. The number of H-pyrrole nitrogens is 1. The number of hydrogen-bond acceptors (Lipinski definition) is 2. The molecule has 0 unspecified atom stereocenters. The van der Waals surface area contributed by atoms with Gasteiger partial charge in [-0.05, 0) is 36.5 Å². The number of pyridine rings is 1. The van der Waals surface area contributed by atoms with Gasteiger partial charge in [0.2, 0.25) is 0 Å². The normalized spacial score (nSPS) is 18.1. The third kappa shape index (κ3) is 2.56. The van der Waals surface area contributed by atoms with Crippen molar-refractivity contribution in [3.8, 4) is 0 Å². The third-order valence-corrected chi connectivity index (χ3v) is 4.14. The van der Waals surface area contributed by atoms with E-state index in [4.69, 9.17) is 0 Å². The molecule has 19 heavy (non-hydrogen) atoms. The fourth-order valence-corrected chi connectivity index (χ4v) is 3.06. The Morgan fingerprint density at radius 2 is 2.21 bits per heavy atom. The van der Waals surface area contributed by atoms with Crippen molar-refractivity contribution in [2.45, 2.75) is 32.1 Å². The molecule has 2 N–H and O–H groups in total. The van der Waals surface area contributed by atoms with E-state index < -0.39 is 0 Å². The molecule has 0 saturated heterocycles. The number of fused-ring (bicyclic) bond motifs is 1. The maximum atomic E-state index is 9.66. The Balaban J connectivity index is 1.93. The summed E-state index contributed by atoms with van der Waals surface area (Å²) in [6.45, 7) is 0.164. The first-order valence-electron chi connectivity index (χ1n) is 7.12. The number of aliphatic hydroxyl groups excluding tert-OH is 1. The number of nitrogens with zero attached hydrogens (tertiary/aromatic N) is 1. The van der Waals surface area contributed by atoms with Crippen molar-refractivity contribution in [1.29, 1.82) is 0 Å². The monoisotopic (exact) mass is 256 g/mol. The summed E-state index contributed by atoms with van der Waals surface area (Å²) in [4.78, 5) is 7.48. The molecule has 2 aromatic rings. The fourth-order valence-electron chi connectivity index (χ4n) is 3.06. The Morgan fingerprint density at radius 1 is 1.37 bits per heavy atom. The number of nitrogens with one attached hydrogen (secondary N) is 1. The van der Waals surface area contributed by atoms with Crippen molar-refractivity contribution in [3.63, 3.8) is 0 Å². The summed E-state index contributed by atoms with van der Waals surface area (Å²) in [5, 5.41) is 10.8. The van der Waals surface area contributed by atoms with Crippen molar-refractivity contribution < 1.29 is 5.11 Å². The first-order valence-corrected chi connectivity index (χ1v) is 7.12. The number of rotatable bonds is 3. The quantitative estimate of drug-likeness (QED) is 0.882. The van der Waals surface area contributed by atoms with Crippen molar-refractivity contribution in [1.82, 2.24) is 9.97 Å². The Bertz CT molecular complexity index is 579. The van der Waals surface area contributed by atoms with Gasteiger partial charge in [-0.1, -0.05) is 25.3 Å². The minimum Gasteiger partial charge on any atom is -0.392 e. The number of hydrogen-bond donors (Lipinski definition) is 2. The number of aromatic nitrogens is 2. The van der Waals surface area contributed by atoms with Crippen LogP contribution in [-0.4, -0.2) is 21.7 Å². The maximum Gasteiger partial charge on any atom is 0.137 e. The topological polar surface area (TPSA) is 48.9 Å². The molecule has 2 heterocycles. The lowest BCUT2D eigenvalue weighted by Crippen LogP contribution is -2.11. The van der Waals surface area contributed by atoms with Gasteiger partial charge in [0, 0.05) is 23.3 Å². The van der Waals surface area contributed by atoms with E-state index in [9.17, 15) is 5.11 Å². The summed E-state index contributed by atoms with van der Waals surface area (Å²) in [6, 6.07) is 4.02. The predicted molar refractivity (Wildman–Crippen MR) is 77.7 cm³/mol. The van der Waals surface area contributed by atoms with Crippen LogP contribution in [0.4, 0.5) is 0 Å². The van der Waals surface area contributed by atoms with Gasteiger partial charge < -0.3 is 10.1 Å². The Kier molecular flexibility index (Phi) is 3.65. The highest BCUT2D eigenvalue weighted by Gasteiger charge is 2.17. The molecule has 1 saturated carbocycles. The Hall–Kier alpha value is -1.61. The highest BCUT2D eigenvalue weighted by atomic mass is 16.3. The van der Waals surface area contributed by atoms with E-state index in [0.717, 1.165) is 16.6 Å². The molecule has 3 rings (SSSR count). The molecule has 0 atom stereocenters. The third-order valence-electron chi connectivity index (χ3n) is 4.14. The van der Waals surface area contributed by atoms with E-state index in [0.29, 0.717) is 5.92 Å². The van der Waals surface area contributed by atoms with Crippen molar-refractivity contribution in [3.05, 3.63) is 35.7 Å². The van der Waals surface area contributed by atoms with Gasteiger partial charge in [-0.15, -0.1) is 0 Å². The lowest BCUT2D eigenvalue weighted by molar-refractivity contribution is 0.295. The van der Waals surface area contributed by atoms with Gasteiger partial charge in [0.1, 0.15) is 5.65 Å². The summed E-state index contributed by atoms with van der Waals surface area (Å²) >= 11 is 0. The number of aromatic amines is 1. The second kappa shape index (κ2) is 5.57. The van der Waals surface area contributed by atoms with Crippen LogP contribution in [0.25, 0.3) is 17.1 Å². The van der Waals surface area contributed by atoms with Crippen molar-refractivity contribution >= 4 is 17.1 Å². The predicted octanol–water partition coefficient (Wildman–Crippen LogP) is 3.52. The molecule has 0 bridgehead atoms. The Labute approximate surface area is 113 Å². The zero-order chi connectivity index (χ0) is 13.1. The van der Waals surface area contributed by atoms with Gasteiger partial charge in [-0.3, -0.25) is 0 Å². The minimum atomic E-state index is 0.164. The molecular weight excluding hydrogens is 236 g/mol. The van der Waals surface area contributed by atoms with E-state index >= 15 is 0 Å². The van der Waals surface area contributed by atoms with Gasteiger partial charge in [0.05, 0.1) is 6.61 Å². The number of aliphatic hydroxyl groups is 1. The zero-order valence-corrected chi connectivity index (χ0v) is 11.1. The molecule has 0 amide bonds. The molecule has 1 aliphatic carbocycles. The van der Waals surface area contributed by atoms with E-state index in [1.54, 1.807) is 6.20 Å². The van der Waals surface area contributed by atoms with E-state index in [1.807, 2.05) is 12.3 Å². The van der Waals surface area contributed by atoms with Crippen LogP contribution in [-0.2, 0) is 0 Å². The van der Waals surface area contributed by atoms with Crippen LogP contribution in [0.1, 0.15) is 37.7 Å².